The van der Waals surface area contributed by atoms with Gasteiger partial charge in [0.05, 0.1) is 11.1 Å². The lowest BCUT2D eigenvalue weighted by Gasteiger charge is -2.21. The van der Waals surface area contributed by atoms with Gasteiger partial charge < -0.3 is 10.6 Å². The second-order valence-electron chi connectivity index (χ2n) is 5.30. The summed E-state index contributed by atoms with van der Waals surface area (Å²) in [6.45, 7) is 2.25. The zero-order chi connectivity index (χ0) is 15.6. The lowest BCUT2D eigenvalue weighted by molar-refractivity contribution is -0.130. The zero-order valence-electron chi connectivity index (χ0n) is 12.6. The van der Waals surface area contributed by atoms with Crippen molar-refractivity contribution in [1.29, 1.82) is 0 Å². The highest BCUT2D eigenvalue weighted by Gasteiger charge is 2.34. The van der Waals surface area contributed by atoms with Crippen LogP contribution in [0, 0.1) is 0 Å². The van der Waals surface area contributed by atoms with Crippen LogP contribution < -0.4 is 5.73 Å². The minimum absolute atomic E-state index is 0. The van der Waals surface area contributed by atoms with Gasteiger partial charge in [0.15, 0.2) is 0 Å². The molecule has 0 radical (unpaired) electrons. The van der Waals surface area contributed by atoms with Crippen molar-refractivity contribution in [2.24, 2.45) is 5.73 Å². The SMILES string of the molecule is CC(N)CC(=O)N(C)CCN1C(=O)c2ccccc2C1=O.Cl. The maximum Gasteiger partial charge on any atom is 0.261 e. The highest BCUT2D eigenvalue weighted by atomic mass is 35.5. The van der Waals surface area contributed by atoms with Crippen LogP contribution in [0.2, 0.25) is 0 Å². The predicted octanol–water partition coefficient (Wildman–Crippen LogP) is 0.900. The maximum absolute atomic E-state index is 12.1. The number of imide groups is 1. The van der Waals surface area contributed by atoms with E-state index in [1.807, 2.05) is 0 Å². The summed E-state index contributed by atoms with van der Waals surface area (Å²) in [5.74, 6) is -0.700. The quantitative estimate of drug-likeness (QED) is 0.815. The average Bonchev–Trinajstić information content (AvgIpc) is 2.68. The van der Waals surface area contributed by atoms with Gasteiger partial charge in [0.2, 0.25) is 5.91 Å². The number of likely N-dealkylation sites (N-methyl/N-ethyl adjacent to an activating group) is 1. The van der Waals surface area contributed by atoms with E-state index >= 15 is 0 Å². The molecule has 0 bridgehead atoms. The standard InChI is InChI=1S/C15H19N3O3.ClH/c1-10(16)9-13(19)17(2)7-8-18-14(20)11-5-3-4-6-12(11)15(18)21;/h3-6,10H,7-9,16H2,1-2H3;1H. The molecule has 0 aromatic heterocycles. The van der Waals surface area contributed by atoms with Crippen LogP contribution >= 0.6 is 12.4 Å². The Kier molecular flexibility index (Phi) is 6.08. The summed E-state index contributed by atoms with van der Waals surface area (Å²) in [7, 11) is 1.64. The third kappa shape index (κ3) is 3.64. The van der Waals surface area contributed by atoms with E-state index in [0.717, 1.165) is 0 Å². The average molecular weight is 326 g/mol. The van der Waals surface area contributed by atoms with Crippen molar-refractivity contribution in [2.75, 3.05) is 20.1 Å². The number of carbonyl (C=O) groups excluding carboxylic acids is 3. The Labute approximate surface area is 135 Å². The lowest BCUT2D eigenvalue weighted by Crippen LogP contribution is -2.40. The third-order valence-electron chi connectivity index (χ3n) is 3.46. The van der Waals surface area contributed by atoms with Crippen molar-refractivity contribution >= 4 is 30.1 Å². The fourth-order valence-corrected chi connectivity index (χ4v) is 2.25. The summed E-state index contributed by atoms with van der Waals surface area (Å²) in [4.78, 5) is 38.8. The molecular weight excluding hydrogens is 306 g/mol. The van der Waals surface area contributed by atoms with Gasteiger partial charge in [-0.25, -0.2) is 0 Å². The monoisotopic (exact) mass is 325 g/mol. The molecule has 22 heavy (non-hydrogen) atoms. The molecule has 2 rings (SSSR count). The highest BCUT2D eigenvalue weighted by Crippen LogP contribution is 2.21. The minimum Gasteiger partial charge on any atom is -0.344 e. The molecule has 1 aliphatic heterocycles. The van der Waals surface area contributed by atoms with Crippen LogP contribution in [0.15, 0.2) is 24.3 Å². The van der Waals surface area contributed by atoms with Gasteiger partial charge in [-0.05, 0) is 19.1 Å². The number of nitrogens with two attached hydrogens (primary N) is 1. The first kappa shape index (κ1) is 18.1. The van der Waals surface area contributed by atoms with E-state index in [-0.39, 0.29) is 49.1 Å². The molecule has 7 heteroatoms. The summed E-state index contributed by atoms with van der Waals surface area (Å²) < 4.78 is 0. The molecule has 120 valence electrons. The van der Waals surface area contributed by atoms with Gasteiger partial charge in [-0.1, -0.05) is 12.1 Å². The maximum atomic E-state index is 12.1. The minimum atomic E-state index is -0.302. The predicted molar refractivity (Wildman–Crippen MR) is 85.0 cm³/mol. The van der Waals surface area contributed by atoms with Gasteiger partial charge in [-0.15, -0.1) is 12.4 Å². The summed E-state index contributed by atoms with van der Waals surface area (Å²) >= 11 is 0. The number of carbonyl (C=O) groups is 3. The number of hydrogen-bond acceptors (Lipinski definition) is 4. The molecule has 2 N–H and O–H groups in total. The molecule has 6 nitrogen and oxygen atoms in total. The van der Waals surface area contributed by atoms with Crippen LogP contribution in [-0.2, 0) is 4.79 Å². The molecule has 1 atom stereocenters. The Morgan fingerprint density at radius 3 is 2.18 bits per heavy atom. The molecular formula is C15H20ClN3O3. The Morgan fingerprint density at radius 1 is 1.23 bits per heavy atom. The first-order valence-corrected chi connectivity index (χ1v) is 6.86. The summed E-state index contributed by atoms with van der Waals surface area (Å²) in [6, 6.07) is 6.53. The normalized spacial score (nSPS) is 14.4. The Hall–Kier alpha value is -1.92. The first-order valence-electron chi connectivity index (χ1n) is 6.86. The van der Waals surface area contributed by atoms with Crippen LogP contribution in [0.5, 0.6) is 0 Å². The number of benzene rings is 1. The molecule has 1 aromatic rings. The smallest absolute Gasteiger partial charge is 0.261 e. The fourth-order valence-electron chi connectivity index (χ4n) is 2.25. The highest BCUT2D eigenvalue weighted by molar-refractivity contribution is 6.21. The number of hydrogen-bond donors (Lipinski definition) is 1. The van der Waals surface area contributed by atoms with Gasteiger partial charge in [-0.3, -0.25) is 19.3 Å². The number of nitrogens with zero attached hydrogens (tertiary/aromatic N) is 2. The largest absolute Gasteiger partial charge is 0.344 e. The molecule has 0 aliphatic carbocycles. The van der Waals surface area contributed by atoms with Crippen molar-refractivity contribution in [2.45, 2.75) is 19.4 Å². The van der Waals surface area contributed by atoms with Crippen LogP contribution in [0.3, 0.4) is 0 Å². The van der Waals surface area contributed by atoms with Crippen LogP contribution in [0.4, 0.5) is 0 Å². The van der Waals surface area contributed by atoms with Crippen molar-refractivity contribution in [3.63, 3.8) is 0 Å². The second kappa shape index (κ2) is 7.38. The van der Waals surface area contributed by atoms with Crippen LogP contribution in [-0.4, -0.2) is 53.7 Å². The number of fused-ring (bicyclic) bond motifs is 1. The van der Waals surface area contributed by atoms with Gasteiger partial charge in [0.25, 0.3) is 11.8 Å². The zero-order valence-corrected chi connectivity index (χ0v) is 13.4. The van der Waals surface area contributed by atoms with Crippen LogP contribution in [0.25, 0.3) is 0 Å². The third-order valence-corrected chi connectivity index (χ3v) is 3.46. The lowest BCUT2D eigenvalue weighted by atomic mass is 10.1. The molecule has 1 unspecified atom stereocenters. The topological polar surface area (TPSA) is 83.7 Å². The molecule has 3 amide bonds. The first-order chi connectivity index (χ1) is 9.91. The van der Waals surface area contributed by atoms with E-state index < -0.39 is 0 Å². The van der Waals surface area contributed by atoms with Crippen molar-refractivity contribution < 1.29 is 14.4 Å². The number of halogens is 1. The Bertz CT molecular complexity index is 554. The number of rotatable bonds is 5. The molecule has 1 aromatic carbocycles. The van der Waals surface area contributed by atoms with Crippen LogP contribution in [0.1, 0.15) is 34.1 Å². The summed E-state index contributed by atoms with van der Waals surface area (Å²) in [5.41, 5.74) is 6.43. The fraction of sp³-hybridized carbons (Fsp3) is 0.400. The van der Waals surface area contributed by atoms with Gasteiger partial charge >= 0.3 is 0 Å². The molecule has 0 fully saturated rings. The van der Waals surface area contributed by atoms with Gasteiger partial charge in [-0.2, -0.15) is 0 Å². The van der Waals surface area contributed by atoms with Crippen molar-refractivity contribution in [3.8, 4) is 0 Å². The van der Waals surface area contributed by atoms with E-state index in [9.17, 15) is 14.4 Å². The van der Waals surface area contributed by atoms with Crippen molar-refractivity contribution in [3.05, 3.63) is 35.4 Å². The van der Waals surface area contributed by atoms with E-state index in [1.54, 1.807) is 38.2 Å². The van der Waals surface area contributed by atoms with E-state index in [1.165, 1.54) is 9.80 Å². The molecule has 0 spiro atoms. The van der Waals surface area contributed by atoms with E-state index in [0.29, 0.717) is 17.7 Å². The number of amides is 3. The van der Waals surface area contributed by atoms with E-state index in [2.05, 4.69) is 0 Å². The molecule has 1 heterocycles. The molecule has 0 saturated carbocycles. The van der Waals surface area contributed by atoms with Crippen molar-refractivity contribution in [1.82, 2.24) is 9.80 Å². The Balaban J connectivity index is 0.00000242. The van der Waals surface area contributed by atoms with Gasteiger partial charge in [0.1, 0.15) is 0 Å². The second-order valence-corrected chi connectivity index (χ2v) is 5.30. The Morgan fingerprint density at radius 2 is 1.73 bits per heavy atom. The summed E-state index contributed by atoms with van der Waals surface area (Å²) in [5, 5.41) is 0. The molecule has 1 aliphatic rings. The summed E-state index contributed by atoms with van der Waals surface area (Å²) in [6.07, 6.45) is 0.249. The molecule has 0 saturated heterocycles. The van der Waals surface area contributed by atoms with Gasteiger partial charge in [0, 0.05) is 32.6 Å². The van der Waals surface area contributed by atoms with E-state index in [4.69, 9.17) is 5.73 Å².